The van der Waals surface area contributed by atoms with E-state index < -0.39 is 0 Å². The van der Waals surface area contributed by atoms with Gasteiger partial charge in [-0.2, -0.15) is 4.37 Å². The van der Waals surface area contributed by atoms with Crippen LogP contribution in [-0.4, -0.2) is 36.3 Å². The number of nitrogen functional groups attached to an aromatic ring is 1. The first kappa shape index (κ1) is 20.3. The molecule has 2 N–H and O–H groups in total. The average molecular weight is 449 g/mol. The lowest BCUT2D eigenvalue weighted by molar-refractivity contribution is 0.0645. The van der Waals surface area contributed by atoms with Gasteiger partial charge in [-0.1, -0.05) is 12.1 Å². The number of fused-ring (bicyclic) bond motifs is 1. The summed E-state index contributed by atoms with van der Waals surface area (Å²) in [5.74, 6) is 0.946. The molecule has 0 saturated heterocycles. The Morgan fingerprint density at radius 3 is 2.47 bits per heavy atom. The summed E-state index contributed by atoms with van der Waals surface area (Å²) in [7, 11) is 0. The van der Waals surface area contributed by atoms with Crippen LogP contribution in [0.15, 0.2) is 48.5 Å². The number of aryl methyl sites for hydroxylation is 1. The third-order valence-corrected chi connectivity index (χ3v) is 6.49. The summed E-state index contributed by atoms with van der Waals surface area (Å²) < 4.78 is 19.8. The molecule has 9 heteroatoms. The number of benzene rings is 2. The summed E-state index contributed by atoms with van der Waals surface area (Å²) in [6, 6.07) is 12.9. The molecule has 0 fully saturated rings. The van der Waals surface area contributed by atoms with E-state index in [9.17, 15) is 9.18 Å². The van der Waals surface area contributed by atoms with Crippen LogP contribution in [0.5, 0.6) is 0 Å². The second-order valence-corrected chi connectivity index (χ2v) is 8.52. The molecule has 4 aromatic rings. The van der Waals surface area contributed by atoms with Gasteiger partial charge in [0, 0.05) is 29.9 Å². The minimum Gasteiger partial charge on any atom is -0.399 e. The predicted molar refractivity (Wildman–Crippen MR) is 122 cm³/mol. The zero-order chi connectivity index (χ0) is 22.4. The molecule has 7 nitrogen and oxygen atoms in total. The van der Waals surface area contributed by atoms with Gasteiger partial charge < -0.3 is 15.2 Å². The summed E-state index contributed by atoms with van der Waals surface area (Å²) in [6.45, 7) is 4.92. The molecule has 2 aromatic carbocycles. The first-order valence-electron chi connectivity index (χ1n) is 10.3. The lowest BCUT2D eigenvalue weighted by Crippen LogP contribution is -2.41. The number of nitrogens with two attached hydrogens (primary N) is 1. The molecule has 0 spiro atoms. The Morgan fingerprint density at radius 1 is 1.09 bits per heavy atom. The van der Waals surface area contributed by atoms with Crippen LogP contribution in [0, 0.1) is 12.7 Å². The molecule has 162 valence electrons. The predicted octanol–water partition coefficient (Wildman–Crippen LogP) is 4.32. The Kier molecular flexibility index (Phi) is 4.97. The fourth-order valence-electron chi connectivity index (χ4n) is 4.10. The average Bonchev–Trinajstić information content (AvgIpc) is 3.39. The smallest absolute Gasteiger partial charge is 0.254 e. The van der Waals surface area contributed by atoms with Crippen molar-refractivity contribution in [2.45, 2.75) is 26.4 Å². The lowest BCUT2D eigenvalue weighted by atomic mass is 10.0. The van der Waals surface area contributed by atoms with Gasteiger partial charge in [-0.15, -0.1) is 0 Å². The van der Waals surface area contributed by atoms with E-state index in [1.165, 1.54) is 35.8 Å². The Labute approximate surface area is 188 Å². The van der Waals surface area contributed by atoms with E-state index in [1.807, 2.05) is 38.1 Å². The number of carbonyl (C=O) groups is 1. The molecule has 1 amide bonds. The highest BCUT2D eigenvalue weighted by atomic mass is 32.1. The zero-order valence-electron chi connectivity index (χ0n) is 17.6. The van der Waals surface area contributed by atoms with Gasteiger partial charge >= 0.3 is 0 Å². The van der Waals surface area contributed by atoms with Crippen molar-refractivity contribution in [3.05, 3.63) is 71.4 Å². The highest BCUT2D eigenvalue weighted by Crippen LogP contribution is 2.38. The molecular weight excluding hydrogens is 427 g/mol. The van der Waals surface area contributed by atoms with Crippen LogP contribution in [0.3, 0.4) is 0 Å². The molecule has 1 aliphatic rings. The number of anilines is 1. The number of halogens is 1. The maximum Gasteiger partial charge on any atom is 0.254 e. The third kappa shape index (κ3) is 3.44. The van der Waals surface area contributed by atoms with E-state index in [2.05, 4.69) is 13.9 Å². The van der Waals surface area contributed by atoms with Gasteiger partial charge in [-0.3, -0.25) is 4.79 Å². The summed E-state index contributed by atoms with van der Waals surface area (Å²) in [5.41, 5.74) is 9.65. The van der Waals surface area contributed by atoms with Gasteiger partial charge in [0.1, 0.15) is 11.6 Å². The standard InChI is InChI=1S/C23H21FN6OS/c1-13-20-19(15-5-9-18(25)10-6-15)27-21(22-26-14(2)28-32-22)30(20)12-11-29(13)23(31)16-3-7-17(24)8-4-16/h3-10,13H,11-12,25H2,1-2H3. The molecule has 0 radical (unpaired) electrons. The Hall–Kier alpha value is -3.59. The van der Waals surface area contributed by atoms with Crippen LogP contribution < -0.4 is 5.73 Å². The van der Waals surface area contributed by atoms with Crippen molar-refractivity contribution >= 4 is 23.1 Å². The van der Waals surface area contributed by atoms with Crippen molar-refractivity contribution in [1.82, 2.24) is 23.8 Å². The van der Waals surface area contributed by atoms with E-state index in [0.29, 0.717) is 30.2 Å². The molecule has 32 heavy (non-hydrogen) atoms. The summed E-state index contributed by atoms with van der Waals surface area (Å²) in [4.78, 5) is 24.5. The molecule has 1 unspecified atom stereocenters. The number of carbonyl (C=O) groups excluding carboxylic acids is 1. The zero-order valence-corrected chi connectivity index (χ0v) is 18.4. The van der Waals surface area contributed by atoms with Crippen molar-refractivity contribution in [2.24, 2.45) is 0 Å². The molecule has 3 heterocycles. The fourth-order valence-corrected chi connectivity index (χ4v) is 4.77. The molecule has 0 saturated carbocycles. The Morgan fingerprint density at radius 2 is 1.81 bits per heavy atom. The molecule has 5 rings (SSSR count). The van der Waals surface area contributed by atoms with Gasteiger partial charge in [-0.05, 0) is 61.8 Å². The molecule has 1 aliphatic heterocycles. The van der Waals surface area contributed by atoms with E-state index >= 15 is 0 Å². The maximum atomic E-state index is 13.3. The van der Waals surface area contributed by atoms with Crippen molar-refractivity contribution < 1.29 is 9.18 Å². The van der Waals surface area contributed by atoms with E-state index in [1.54, 1.807) is 4.90 Å². The van der Waals surface area contributed by atoms with Crippen molar-refractivity contribution in [3.8, 4) is 22.1 Å². The second-order valence-electron chi connectivity index (χ2n) is 7.77. The van der Waals surface area contributed by atoms with Crippen LogP contribution in [0.2, 0.25) is 0 Å². The van der Waals surface area contributed by atoms with Crippen LogP contribution >= 0.6 is 11.5 Å². The monoisotopic (exact) mass is 448 g/mol. The van der Waals surface area contributed by atoms with Gasteiger partial charge in [0.05, 0.1) is 17.4 Å². The topological polar surface area (TPSA) is 89.9 Å². The SMILES string of the molecule is Cc1nsc(-c2nc(-c3ccc(N)cc3)c3n2CCN(C(=O)c2ccc(F)cc2)C3C)n1. The van der Waals surface area contributed by atoms with E-state index in [4.69, 9.17) is 10.7 Å². The van der Waals surface area contributed by atoms with Crippen LogP contribution in [-0.2, 0) is 6.54 Å². The molecular formula is C23H21FN6OS. The fraction of sp³-hybridized carbons (Fsp3) is 0.217. The quantitative estimate of drug-likeness (QED) is 0.472. The van der Waals surface area contributed by atoms with Crippen LogP contribution in [0.25, 0.3) is 22.1 Å². The second kappa shape index (κ2) is 7.83. The normalized spacial score (nSPS) is 15.6. The largest absolute Gasteiger partial charge is 0.399 e. The number of amides is 1. The summed E-state index contributed by atoms with van der Waals surface area (Å²) in [5, 5.41) is 0.746. The minimum atomic E-state index is -0.367. The Bertz CT molecular complexity index is 1300. The molecule has 0 aliphatic carbocycles. The van der Waals surface area contributed by atoms with Gasteiger partial charge in [-0.25, -0.2) is 14.4 Å². The van der Waals surface area contributed by atoms with Crippen LogP contribution in [0.4, 0.5) is 10.1 Å². The maximum absolute atomic E-state index is 13.3. The van der Waals surface area contributed by atoms with Gasteiger partial charge in [0.15, 0.2) is 10.8 Å². The molecule has 0 bridgehead atoms. The van der Waals surface area contributed by atoms with Crippen LogP contribution in [0.1, 0.15) is 34.8 Å². The highest BCUT2D eigenvalue weighted by Gasteiger charge is 2.34. The van der Waals surface area contributed by atoms with E-state index in [-0.39, 0.29) is 17.8 Å². The van der Waals surface area contributed by atoms with E-state index in [0.717, 1.165) is 27.8 Å². The number of hydrogen-bond acceptors (Lipinski definition) is 6. The number of hydrogen-bond donors (Lipinski definition) is 1. The number of aromatic nitrogens is 4. The van der Waals surface area contributed by atoms with Crippen molar-refractivity contribution in [1.29, 1.82) is 0 Å². The Balaban J connectivity index is 1.61. The van der Waals surface area contributed by atoms with Gasteiger partial charge in [0.25, 0.3) is 5.91 Å². The number of imidazole rings is 1. The number of nitrogens with zero attached hydrogens (tertiary/aromatic N) is 5. The first-order valence-corrected chi connectivity index (χ1v) is 11.0. The number of rotatable bonds is 3. The van der Waals surface area contributed by atoms with Crippen molar-refractivity contribution in [2.75, 3.05) is 12.3 Å². The van der Waals surface area contributed by atoms with Gasteiger partial charge in [0.2, 0.25) is 0 Å². The lowest BCUT2D eigenvalue weighted by Gasteiger charge is -2.35. The third-order valence-electron chi connectivity index (χ3n) is 5.69. The summed E-state index contributed by atoms with van der Waals surface area (Å²) >= 11 is 1.31. The molecule has 1 atom stereocenters. The molecule has 2 aromatic heterocycles. The highest BCUT2D eigenvalue weighted by molar-refractivity contribution is 7.09. The first-order chi connectivity index (χ1) is 15.4. The summed E-state index contributed by atoms with van der Waals surface area (Å²) in [6.07, 6.45) is 0. The van der Waals surface area contributed by atoms with Crippen molar-refractivity contribution in [3.63, 3.8) is 0 Å². The minimum absolute atomic E-state index is 0.137.